The van der Waals surface area contributed by atoms with Crippen LogP contribution in [0.2, 0.25) is 0 Å². The number of benzene rings is 1. The second-order valence-electron chi connectivity index (χ2n) is 7.25. The molecule has 2 heteroatoms. The lowest BCUT2D eigenvalue weighted by Gasteiger charge is -2.54. The van der Waals surface area contributed by atoms with Gasteiger partial charge in [0.2, 0.25) is 0 Å². The lowest BCUT2D eigenvalue weighted by molar-refractivity contribution is -0.0529. The maximum atomic E-state index is 6.09. The van der Waals surface area contributed by atoms with Crippen molar-refractivity contribution in [1.82, 2.24) is 0 Å². The average Bonchev–Trinajstić information content (AvgIpc) is 2.46. The van der Waals surface area contributed by atoms with Crippen LogP contribution < -0.4 is 10.5 Å². The Labute approximate surface area is 121 Å². The first-order chi connectivity index (χ1) is 9.81. The van der Waals surface area contributed by atoms with Gasteiger partial charge in [-0.05, 0) is 79.4 Å². The van der Waals surface area contributed by atoms with Gasteiger partial charge in [0.15, 0.2) is 0 Å². The highest BCUT2D eigenvalue weighted by Crippen LogP contribution is 2.56. The fraction of sp³-hybridized carbons (Fsp3) is 0.667. The van der Waals surface area contributed by atoms with Crippen molar-refractivity contribution < 1.29 is 4.74 Å². The van der Waals surface area contributed by atoms with Crippen LogP contribution in [-0.4, -0.2) is 6.61 Å². The van der Waals surface area contributed by atoms with Crippen LogP contribution in [0.3, 0.4) is 0 Å². The molecule has 1 aromatic carbocycles. The predicted molar refractivity (Wildman–Crippen MR) is 80.4 cm³/mol. The van der Waals surface area contributed by atoms with E-state index in [2.05, 4.69) is 24.3 Å². The summed E-state index contributed by atoms with van der Waals surface area (Å²) in [6.45, 7) is 1.53. The summed E-state index contributed by atoms with van der Waals surface area (Å²) in [6, 6.07) is 8.29. The fourth-order valence-corrected chi connectivity index (χ4v) is 5.22. The van der Waals surface area contributed by atoms with Gasteiger partial charge in [0, 0.05) is 6.54 Å². The monoisotopic (exact) mass is 271 g/mol. The van der Waals surface area contributed by atoms with Gasteiger partial charge in [-0.3, -0.25) is 0 Å². The van der Waals surface area contributed by atoms with Crippen molar-refractivity contribution >= 4 is 0 Å². The van der Waals surface area contributed by atoms with Crippen LogP contribution in [0.25, 0.3) is 0 Å². The summed E-state index contributed by atoms with van der Waals surface area (Å²) < 4.78 is 6.09. The van der Waals surface area contributed by atoms with E-state index in [0.717, 1.165) is 41.9 Å². The Morgan fingerprint density at radius 1 is 0.900 bits per heavy atom. The van der Waals surface area contributed by atoms with Gasteiger partial charge in [-0.2, -0.15) is 0 Å². The largest absolute Gasteiger partial charge is 0.493 e. The lowest BCUT2D eigenvalue weighted by Crippen LogP contribution is -2.47. The quantitative estimate of drug-likeness (QED) is 0.908. The topological polar surface area (TPSA) is 35.2 Å². The molecule has 2 N–H and O–H groups in total. The van der Waals surface area contributed by atoms with Crippen LogP contribution in [0.15, 0.2) is 24.3 Å². The molecule has 4 bridgehead atoms. The maximum absolute atomic E-state index is 6.09. The highest BCUT2D eigenvalue weighted by Gasteiger charge is 2.48. The van der Waals surface area contributed by atoms with Crippen LogP contribution in [0, 0.1) is 29.6 Å². The molecule has 0 atom stereocenters. The third-order valence-electron chi connectivity index (χ3n) is 6.02. The standard InChI is InChI=1S/C18H25NO/c19-10-12-1-3-17(4-2-12)20-11-18-15-6-13-5-14(8-15)9-16(18)7-13/h1-4,13-16,18H,5-11,19H2. The summed E-state index contributed by atoms with van der Waals surface area (Å²) in [5, 5.41) is 0. The average molecular weight is 271 g/mol. The van der Waals surface area contributed by atoms with Crippen molar-refractivity contribution in [3.8, 4) is 5.75 Å². The maximum Gasteiger partial charge on any atom is 0.119 e. The van der Waals surface area contributed by atoms with Gasteiger partial charge in [0.25, 0.3) is 0 Å². The summed E-state index contributed by atoms with van der Waals surface area (Å²) >= 11 is 0. The van der Waals surface area contributed by atoms with Gasteiger partial charge < -0.3 is 10.5 Å². The van der Waals surface area contributed by atoms with Crippen molar-refractivity contribution in [2.75, 3.05) is 6.61 Å². The van der Waals surface area contributed by atoms with Gasteiger partial charge >= 0.3 is 0 Å². The van der Waals surface area contributed by atoms with E-state index >= 15 is 0 Å². The number of ether oxygens (including phenoxy) is 1. The van der Waals surface area contributed by atoms with E-state index in [9.17, 15) is 0 Å². The van der Waals surface area contributed by atoms with E-state index in [0.29, 0.717) is 6.54 Å². The Bertz CT molecular complexity index is 439. The van der Waals surface area contributed by atoms with Gasteiger partial charge in [-0.25, -0.2) is 0 Å². The molecule has 0 radical (unpaired) electrons. The van der Waals surface area contributed by atoms with E-state index < -0.39 is 0 Å². The van der Waals surface area contributed by atoms with Crippen molar-refractivity contribution in [2.45, 2.75) is 38.6 Å². The Morgan fingerprint density at radius 2 is 1.50 bits per heavy atom. The molecule has 0 heterocycles. The van der Waals surface area contributed by atoms with E-state index in [4.69, 9.17) is 10.5 Å². The van der Waals surface area contributed by atoms with Gasteiger partial charge in [0.05, 0.1) is 6.61 Å². The third kappa shape index (κ3) is 2.24. The van der Waals surface area contributed by atoms with Crippen LogP contribution >= 0.6 is 0 Å². The summed E-state index contributed by atoms with van der Waals surface area (Å²) in [5.74, 6) is 5.84. The van der Waals surface area contributed by atoms with Crippen LogP contribution in [0.1, 0.15) is 37.7 Å². The van der Waals surface area contributed by atoms with Crippen molar-refractivity contribution in [3.05, 3.63) is 29.8 Å². The summed E-state index contributed by atoms with van der Waals surface area (Å²) in [4.78, 5) is 0. The Kier molecular flexibility index (Phi) is 3.22. The first-order valence-corrected chi connectivity index (χ1v) is 8.23. The smallest absolute Gasteiger partial charge is 0.119 e. The lowest BCUT2D eigenvalue weighted by atomic mass is 9.52. The molecule has 0 amide bonds. The summed E-state index contributed by atoms with van der Waals surface area (Å²) in [6.07, 6.45) is 7.45. The third-order valence-corrected chi connectivity index (χ3v) is 6.02. The Morgan fingerprint density at radius 3 is 2.05 bits per heavy atom. The zero-order valence-electron chi connectivity index (χ0n) is 12.1. The molecule has 4 aliphatic carbocycles. The number of nitrogens with two attached hydrogens (primary N) is 1. The summed E-state index contributed by atoms with van der Waals surface area (Å²) in [5.41, 5.74) is 6.80. The zero-order valence-corrected chi connectivity index (χ0v) is 12.1. The molecule has 4 aliphatic rings. The molecule has 20 heavy (non-hydrogen) atoms. The molecular weight excluding hydrogens is 246 g/mol. The van der Waals surface area contributed by atoms with Crippen molar-refractivity contribution in [1.29, 1.82) is 0 Å². The van der Waals surface area contributed by atoms with E-state index in [1.54, 1.807) is 0 Å². The molecule has 1 aromatic rings. The minimum atomic E-state index is 0.607. The van der Waals surface area contributed by atoms with Gasteiger partial charge in [-0.1, -0.05) is 12.1 Å². The van der Waals surface area contributed by atoms with E-state index in [1.807, 2.05) is 0 Å². The molecule has 0 aliphatic heterocycles. The fourth-order valence-electron chi connectivity index (χ4n) is 5.22. The predicted octanol–water partition coefficient (Wildman–Crippen LogP) is 3.60. The van der Waals surface area contributed by atoms with Crippen molar-refractivity contribution in [3.63, 3.8) is 0 Å². The SMILES string of the molecule is NCc1ccc(OCC2C3CC4CC(C3)CC2C4)cc1. The Balaban J connectivity index is 1.39. The van der Waals surface area contributed by atoms with E-state index in [-0.39, 0.29) is 0 Å². The second-order valence-corrected chi connectivity index (χ2v) is 7.25. The molecule has 108 valence electrons. The molecule has 0 unspecified atom stereocenters. The van der Waals surface area contributed by atoms with Crippen LogP contribution in [0.4, 0.5) is 0 Å². The zero-order chi connectivity index (χ0) is 13.5. The normalized spacial score (nSPS) is 38.1. The van der Waals surface area contributed by atoms with Gasteiger partial charge in [-0.15, -0.1) is 0 Å². The highest BCUT2D eigenvalue weighted by atomic mass is 16.5. The van der Waals surface area contributed by atoms with Crippen LogP contribution in [0.5, 0.6) is 5.75 Å². The molecule has 0 aromatic heterocycles. The summed E-state index contributed by atoms with van der Waals surface area (Å²) in [7, 11) is 0. The number of hydrogen-bond donors (Lipinski definition) is 1. The number of rotatable bonds is 4. The highest BCUT2D eigenvalue weighted by molar-refractivity contribution is 5.27. The van der Waals surface area contributed by atoms with Crippen molar-refractivity contribution in [2.24, 2.45) is 35.3 Å². The Hall–Kier alpha value is -1.02. The molecule has 0 saturated heterocycles. The first kappa shape index (κ1) is 12.7. The van der Waals surface area contributed by atoms with Gasteiger partial charge in [0.1, 0.15) is 5.75 Å². The second kappa shape index (κ2) is 5.07. The molecule has 4 saturated carbocycles. The molecule has 0 spiro atoms. The molecule has 2 nitrogen and oxygen atoms in total. The first-order valence-electron chi connectivity index (χ1n) is 8.23. The molecular formula is C18H25NO. The minimum Gasteiger partial charge on any atom is -0.493 e. The molecule has 4 fully saturated rings. The van der Waals surface area contributed by atoms with Crippen LogP contribution in [-0.2, 0) is 6.54 Å². The van der Waals surface area contributed by atoms with E-state index in [1.165, 1.54) is 37.7 Å². The number of hydrogen-bond acceptors (Lipinski definition) is 2. The molecule has 5 rings (SSSR count). The minimum absolute atomic E-state index is 0.607.